The number of aromatic nitrogens is 1. The van der Waals surface area contributed by atoms with E-state index in [9.17, 15) is 0 Å². The van der Waals surface area contributed by atoms with E-state index in [0.717, 1.165) is 35.6 Å². The lowest BCUT2D eigenvalue weighted by molar-refractivity contribution is 1.06. The fraction of sp³-hybridized carbons (Fsp3) is 0.0526. The van der Waals surface area contributed by atoms with Crippen molar-refractivity contribution in [3.63, 3.8) is 0 Å². The Morgan fingerprint density at radius 2 is 1.02 bits per heavy atom. The van der Waals surface area contributed by atoms with E-state index in [1.54, 1.807) is 0 Å². The largest absolute Gasteiger partial charge is 0.310 e. The van der Waals surface area contributed by atoms with Crippen molar-refractivity contribution < 1.29 is 0 Å². The van der Waals surface area contributed by atoms with E-state index in [0.29, 0.717) is 0 Å². The van der Waals surface area contributed by atoms with Gasteiger partial charge in [-0.1, -0.05) is 145 Å². The van der Waals surface area contributed by atoms with Gasteiger partial charge in [0.1, 0.15) is 0 Å². The van der Waals surface area contributed by atoms with Gasteiger partial charge in [0, 0.05) is 33.5 Å². The molecule has 0 spiro atoms. The quantitative estimate of drug-likeness (QED) is 0.147. The molecule has 0 aliphatic heterocycles. The predicted octanol–water partition coefficient (Wildman–Crippen LogP) is 15.9. The van der Waals surface area contributed by atoms with Gasteiger partial charge in [0.05, 0.1) is 11.0 Å². The van der Waals surface area contributed by atoms with Crippen LogP contribution in [0.2, 0.25) is 0 Å². The van der Waals surface area contributed by atoms with Crippen molar-refractivity contribution in [1.82, 2.24) is 4.57 Å². The summed E-state index contributed by atoms with van der Waals surface area (Å²) in [4.78, 5) is 2.38. The molecule has 0 amide bonds. The number of para-hydroxylation sites is 2. The maximum absolute atomic E-state index is 2.44. The number of allylic oxidation sites excluding steroid dienone is 4. The zero-order valence-corrected chi connectivity index (χ0v) is 33.0. The van der Waals surface area contributed by atoms with Crippen LogP contribution in [0.1, 0.15) is 24.0 Å². The zero-order valence-electron chi connectivity index (χ0n) is 33.0. The van der Waals surface area contributed by atoms with Crippen molar-refractivity contribution in [2.75, 3.05) is 4.90 Å². The van der Waals surface area contributed by atoms with Crippen LogP contribution in [0.15, 0.2) is 212 Å². The van der Waals surface area contributed by atoms with Gasteiger partial charge >= 0.3 is 0 Å². The van der Waals surface area contributed by atoms with Crippen LogP contribution in [-0.2, 0) is 0 Å². The van der Waals surface area contributed by atoms with Gasteiger partial charge in [0.15, 0.2) is 0 Å². The molecule has 0 fully saturated rings. The molecule has 2 heteroatoms. The molecule has 1 aliphatic carbocycles. The third kappa shape index (κ3) is 6.04. The summed E-state index contributed by atoms with van der Waals surface area (Å²) in [6.07, 6.45) is 8.92. The molecule has 0 N–H and O–H groups in total. The van der Waals surface area contributed by atoms with Crippen LogP contribution < -0.4 is 4.90 Å². The first kappa shape index (κ1) is 34.8. The van der Waals surface area contributed by atoms with Crippen molar-refractivity contribution in [3.05, 3.63) is 223 Å². The number of aryl methyl sites for hydroxylation is 1. The summed E-state index contributed by atoms with van der Waals surface area (Å²) in [5.41, 5.74) is 15.9. The molecule has 280 valence electrons. The van der Waals surface area contributed by atoms with Crippen molar-refractivity contribution in [3.8, 4) is 27.9 Å². The lowest BCUT2D eigenvalue weighted by atomic mass is 9.83. The molecular formula is C57H42N2. The molecule has 1 aromatic heterocycles. The molecule has 0 radical (unpaired) electrons. The van der Waals surface area contributed by atoms with Crippen LogP contribution in [0.25, 0.3) is 76.9 Å². The molecule has 0 saturated carbocycles. The minimum Gasteiger partial charge on any atom is -0.310 e. The van der Waals surface area contributed by atoms with Gasteiger partial charge in [-0.05, 0) is 147 Å². The summed E-state index contributed by atoms with van der Waals surface area (Å²) >= 11 is 0. The Morgan fingerprint density at radius 1 is 0.424 bits per heavy atom. The number of benzene rings is 9. The first-order valence-electron chi connectivity index (χ1n) is 20.7. The topological polar surface area (TPSA) is 8.17 Å². The van der Waals surface area contributed by atoms with Crippen LogP contribution in [-0.4, -0.2) is 4.57 Å². The summed E-state index contributed by atoms with van der Waals surface area (Å²) in [6.45, 7) is 2.18. The zero-order chi connectivity index (χ0) is 39.3. The third-order valence-electron chi connectivity index (χ3n) is 12.1. The van der Waals surface area contributed by atoms with E-state index in [1.165, 1.54) is 82.3 Å². The number of hydrogen-bond donors (Lipinski definition) is 0. The minimum atomic E-state index is 1.03. The summed E-state index contributed by atoms with van der Waals surface area (Å²) < 4.78 is 2.39. The molecule has 1 heterocycles. The SMILES string of the molecule is Cc1ccc2c(c1)c1cc(N(c3ccccc3)c3ccc(-c4ccc5c(-c6ccccc6)c6ccccc6c(C6=CC=CCC6)c5c4)cc3)ccc1n2-c1ccccc1. The lowest BCUT2D eigenvalue weighted by Gasteiger charge is -2.26. The van der Waals surface area contributed by atoms with Gasteiger partial charge in [0.25, 0.3) is 0 Å². The standard InChI is InChI=1S/C57H42N2/c1-39-26-34-54-51(36-39)52-38-47(32-35-55(52)59(54)45-22-12-5-13-23-45)58(44-20-10-4-11-21-44)46-30-27-40(28-31-46)43-29-33-50-53(37-43)57(42-18-8-3-9-19-42)49-25-15-14-24-48(49)56(50)41-16-6-2-7-17-41/h2-8,10-18,20-38H,9,19H2,1H3. The van der Waals surface area contributed by atoms with Gasteiger partial charge in [-0.2, -0.15) is 0 Å². The molecule has 59 heavy (non-hydrogen) atoms. The van der Waals surface area contributed by atoms with E-state index in [1.807, 2.05) is 0 Å². The van der Waals surface area contributed by atoms with Crippen molar-refractivity contribution in [1.29, 1.82) is 0 Å². The van der Waals surface area contributed by atoms with E-state index in [2.05, 4.69) is 229 Å². The molecule has 0 saturated heterocycles. The van der Waals surface area contributed by atoms with Crippen LogP contribution in [0, 0.1) is 6.92 Å². The first-order valence-corrected chi connectivity index (χ1v) is 20.7. The van der Waals surface area contributed by atoms with Gasteiger partial charge in [-0.3, -0.25) is 0 Å². The van der Waals surface area contributed by atoms with Crippen molar-refractivity contribution in [2.45, 2.75) is 19.8 Å². The molecule has 11 rings (SSSR count). The van der Waals surface area contributed by atoms with Gasteiger partial charge < -0.3 is 9.47 Å². The number of rotatable bonds is 7. The summed E-state index contributed by atoms with van der Waals surface area (Å²) in [6, 6.07) is 71.2. The van der Waals surface area contributed by atoms with Gasteiger partial charge in [0.2, 0.25) is 0 Å². The fourth-order valence-corrected chi connectivity index (χ4v) is 9.38. The molecule has 0 atom stereocenters. The summed E-state index contributed by atoms with van der Waals surface area (Å²) in [7, 11) is 0. The average molecular weight is 755 g/mol. The number of anilines is 3. The van der Waals surface area contributed by atoms with Crippen LogP contribution in [0.4, 0.5) is 17.1 Å². The Morgan fingerprint density at radius 3 is 1.75 bits per heavy atom. The van der Waals surface area contributed by atoms with E-state index >= 15 is 0 Å². The lowest BCUT2D eigenvalue weighted by Crippen LogP contribution is -2.09. The van der Waals surface area contributed by atoms with E-state index in [-0.39, 0.29) is 0 Å². The molecular weight excluding hydrogens is 713 g/mol. The predicted molar refractivity (Wildman–Crippen MR) is 252 cm³/mol. The second-order valence-electron chi connectivity index (χ2n) is 15.7. The Balaban J connectivity index is 1.06. The molecule has 1 aliphatic rings. The Labute approximate surface area is 345 Å². The Bertz CT molecular complexity index is 3240. The second-order valence-corrected chi connectivity index (χ2v) is 15.7. The maximum atomic E-state index is 2.44. The number of hydrogen-bond acceptors (Lipinski definition) is 1. The average Bonchev–Trinajstić information content (AvgIpc) is 3.62. The monoisotopic (exact) mass is 754 g/mol. The fourth-order valence-electron chi connectivity index (χ4n) is 9.38. The Kier molecular flexibility index (Phi) is 8.56. The van der Waals surface area contributed by atoms with Crippen molar-refractivity contribution in [2.24, 2.45) is 0 Å². The highest BCUT2D eigenvalue weighted by Gasteiger charge is 2.20. The highest BCUT2D eigenvalue weighted by molar-refractivity contribution is 6.19. The van der Waals surface area contributed by atoms with E-state index < -0.39 is 0 Å². The highest BCUT2D eigenvalue weighted by atomic mass is 15.1. The molecule has 9 aromatic carbocycles. The molecule has 0 unspecified atom stereocenters. The number of nitrogens with zero attached hydrogens (tertiary/aromatic N) is 2. The van der Waals surface area contributed by atoms with Crippen LogP contribution >= 0.6 is 0 Å². The summed E-state index contributed by atoms with van der Waals surface area (Å²) in [5, 5.41) is 7.69. The van der Waals surface area contributed by atoms with Gasteiger partial charge in [-0.25, -0.2) is 0 Å². The van der Waals surface area contributed by atoms with Crippen LogP contribution in [0.3, 0.4) is 0 Å². The highest BCUT2D eigenvalue weighted by Crippen LogP contribution is 2.45. The van der Waals surface area contributed by atoms with E-state index in [4.69, 9.17) is 0 Å². The molecule has 0 bridgehead atoms. The minimum absolute atomic E-state index is 1.03. The second kappa shape index (κ2) is 14.5. The van der Waals surface area contributed by atoms with Gasteiger partial charge in [-0.15, -0.1) is 0 Å². The molecule has 2 nitrogen and oxygen atoms in total. The maximum Gasteiger partial charge on any atom is 0.0542 e. The van der Waals surface area contributed by atoms with Crippen molar-refractivity contribution >= 4 is 66.0 Å². The summed E-state index contributed by atoms with van der Waals surface area (Å²) in [5.74, 6) is 0. The van der Waals surface area contributed by atoms with Crippen LogP contribution in [0.5, 0.6) is 0 Å². The normalized spacial score (nSPS) is 12.7. The Hall–Kier alpha value is -7.42. The number of fused-ring (bicyclic) bond motifs is 5. The smallest absolute Gasteiger partial charge is 0.0542 e. The first-order chi connectivity index (χ1) is 29.2. The molecule has 10 aromatic rings. The third-order valence-corrected chi connectivity index (χ3v) is 12.1.